The van der Waals surface area contributed by atoms with Crippen molar-refractivity contribution < 1.29 is 38.5 Å². The molecule has 204 valence electrons. The second-order valence-electron chi connectivity index (χ2n) is 9.09. The van der Waals surface area contributed by atoms with Crippen molar-refractivity contribution in [3.8, 4) is 0 Å². The van der Waals surface area contributed by atoms with Gasteiger partial charge in [0.1, 0.15) is 0 Å². The minimum atomic E-state index is -0.254. The molecule has 35 heavy (non-hydrogen) atoms. The van der Waals surface area contributed by atoms with E-state index in [0.717, 1.165) is 12.8 Å². The summed E-state index contributed by atoms with van der Waals surface area (Å²) in [5.41, 5.74) is 0. The largest absolute Gasteiger partial charge is 2.00 e. The van der Waals surface area contributed by atoms with E-state index in [2.05, 4.69) is 39.1 Å². The molecule has 0 atom stereocenters. The minimum Gasteiger partial charge on any atom is -0.782 e. The van der Waals surface area contributed by atoms with Crippen molar-refractivity contribution in [1.29, 1.82) is 0 Å². The minimum absolute atomic E-state index is 0. The van der Waals surface area contributed by atoms with Gasteiger partial charge in [-0.15, -0.1) is 0 Å². The zero-order valence-corrected chi connectivity index (χ0v) is 27.7. The number of hydrogen-bond donors (Lipinski definition) is 0. The first-order valence-corrected chi connectivity index (χ1v) is 15.2. The van der Waals surface area contributed by atoms with E-state index >= 15 is 0 Å². The Bertz CT molecular complexity index is 388. The summed E-state index contributed by atoms with van der Waals surface area (Å²) in [7, 11) is 0. The summed E-state index contributed by atoms with van der Waals surface area (Å²) in [6.07, 6.45) is 25.9. The fraction of sp³-hybridized carbons (Fsp3) is 0.929. The summed E-state index contributed by atoms with van der Waals surface area (Å²) < 4.78 is 9.84. The van der Waals surface area contributed by atoms with Crippen LogP contribution in [0.3, 0.4) is 0 Å². The van der Waals surface area contributed by atoms with Crippen LogP contribution in [0, 0.1) is 0 Å². The van der Waals surface area contributed by atoms with E-state index < -0.39 is 0 Å². The predicted octanol–water partition coefficient (Wildman–Crippen LogP) is 7.99. The van der Waals surface area contributed by atoms with Crippen molar-refractivity contribution in [2.75, 3.05) is 24.7 Å². The number of ether oxygens (including phenoxy) is 2. The van der Waals surface area contributed by atoms with Crippen molar-refractivity contribution in [2.45, 2.75) is 142 Å². The Kier molecular flexibility index (Phi) is 41.4. The molecule has 0 aliphatic heterocycles. The van der Waals surface area contributed by atoms with Crippen LogP contribution in [0.1, 0.15) is 142 Å². The number of carbonyl (C=O) groups is 2. The molecular weight excluding hydrogens is 530 g/mol. The molecule has 0 aromatic carbocycles. The Balaban J connectivity index is -0.000000569. The molecule has 0 heterocycles. The predicted molar refractivity (Wildman–Crippen MR) is 150 cm³/mol. The maximum Gasteiger partial charge on any atom is 2.00 e. The molecule has 0 rings (SSSR count). The van der Waals surface area contributed by atoms with Gasteiger partial charge in [0.15, 0.2) is 0 Å². The molecule has 7 heteroatoms. The average Bonchev–Trinajstić information content (AvgIpc) is 2.85. The van der Waals surface area contributed by atoms with Gasteiger partial charge < -0.3 is 34.7 Å². The van der Waals surface area contributed by atoms with Gasteiger partial charge in [-0.3, -0.25) is 9.59 Å². The molecule has 0 spiro atoms. The van der Waals surface area contributed by atoms with Crippen molar-refractivity contribution in [2.24, 2.45) is 0 Å². The van der Waals surface area contributed by atoms with E-state index in [1.165, 1.54) is 116 Å². The molecule has 0 N–H and O–H groups in total. The first-order valence-electron chi connectivity index (χ1n) is 14.1. The molecule has 0 unspecified atom stereocenters. The third kappa shape index (κ3) is 38.9. The summed E-state index contributed by atoms with van der Waals surface area (Å²) in [5, 5.41) is 0. The van der Waals surface area contributed by atoms with Crippen molar-refractivity contribution in [3.05, 3.63) is 0 Å². The quantitative estimate of drug-likeness (QED) is 0.0497. The summed E-state index contributed by atoms with van der Waals surface area (Å²) in [6, 6.07) is 0. The monoisotopic (exact) mass is 582 g/mol. The zero-order chi connectivity index (χ0) is 25.5. The van der Waals surface area contributed by atoms with Gasteiger partial charge in [0, 0.05) is 0 Å². The van der Waals surface area contributed by atoms with Crippen LogP contribution in [0.2, 0.25) is 0 Å². The van der Waals surface area contributed by atoms with Gasteiger partial charge in [-0.25, -0.2) is 0 Å². The second kappa shape index (κ2) is 36.4. The molecule has 0 fully saturated rings. The Labute approximate surface area is 241 Å². The zero-order valence-electron chi connectivity index (χ0n) is 23.1. The fourth-order valence-electron chi connectivity index (χ4n) is 3.63. The third-order valence-corrected chi connectivity index (χ3v) is 6.23. The van der Waals surface area contributed by atoms with Gasteiger partial charge in [0.05, 0.1) is 13.2 Å². The Morgan fingerprint density at radius 3 is 0.914 bits per heavy atom. The molecule has 0 saturated heterocycles. The SMILES string of the molecule is CCCCCCCCCCCCOC(=O)C[S-].CCCCCCCCCCCCOC(=O)C[S-].[Zn+2]. The molecule has 0 aliphatic rings. The van der Waals surface area contributed by atoms with E-state index in [9.17, 15) is 9.59 Å². The topological polar surface area (TPSA) is 52.6 Å². The summed E-state index contributed by atoms with van der Waals surface area (Å²) >= 11 is 9.16. The molecule has 0 aromatic heterocycles. The first kappa shape index (κ1) is 39.8. The van der Waals surface area contributed by atoms with Gasteiger partial charge in [-0.2, -0.15) is 0 Å². The molecule has 0 aromatic rings. The molecule has 0 bridgehead atoms. The molecule has 0 radical (unpaired) electrons. The normalized spacial score (nSPS) is 10.2. The Morgan fingerprint density at radius 1 is 0.457 bits per heavy atom. The van der Waals surface area contributed by atoms with Gasteiger partial charge in [0.2, 0.25) is 0 Å². The molecule has 0 saturated carbocycles. The number of carbonyl (C=O) groups excluding carboxylic acids is 2. The number of hydrogen-bond acceptors (Lipinski definition) is 6. The smallest absolute Gasteiger partial charge is 0.782 e. The number of rotatable bonds is 24. The Morgan fingerprint density at radius 2 is 0.686 bits per heavy atom. The summed E-state index contributed by atoms with van der Waals surface area (Å²) in [4.78, 5) is 21.5. The van der Waals surface area contributed by atoms with Crippen LogP contribution >= 0.6 is 0 Å². The van der Waals surface area contributed by atoms with E-state index in [1.807, 2.05) is 0 Å². The van der Waals surface area contributed by atoms with Crippen molar-refractivity contribution >= 4 is 37.2 Å². The van der Waals surface area contributed by atoms with Gasteiger partial charge in [-0.1, -0.05) is 141 Å². The van der Waals surface area contributed by atoms with Crippen LogP contribution in [-0.2, 0) is 63.8 Å². The number of esters is 2. The van der Waals surface area contributed by atoms with E-state index in [-0.39, 0.29) is 42.9 Å². The number of unbranched alkanes of at least 4 members (excludes halogenated alkanes) is 18. The molecule has 0 aliphatic carbocycles. The molecular formula is C28H54O4S2Zn. The fourth-order valence-corrected chi connectivity index (χ4v) is 3.80. The van der Waals surface area contributed by atoms with Crippen LogP contribution < -0.4 is 0 Å². The van der Waals surface area contributed by atoms with E-state index in [0.29, 0.717) is 13.2 Å². The van der Waals surface area contributed by atoms with Crippen LogP contribution in [-0.4, -0.2) is 36.7 Å². The van der Waals surface area contributed by atoms with Crippen LogP contribution in [0.25, 0.3) is 0 Å². The van der Waals surface area contributed by atoms with Crippen LogP contribution in [0.4, 0.5) is 0 Å². The van der Waals surface area contributed by atoms with E-state index in [4.69, 9.17) is 9.47 Å². The molecule has 4 nitrogen and oxygen atoms in total. The average molecular weight is 584 g/mol. The maximum atomic E-state index is 10.7. The van der Waals surface area contributed by atoms with Gasteiger partial charge in [-0.05, 0) is 12.8 Å². The van der Waals surface area contributed by atoms with Crippen molar-refractivity contribution in [3.63, 3.8) is 0 Å². The Hall–Kier alpha value is 0.263. The summed E-state index contributed by atoms with van der Waals surface area (Å²) in [6.45, 7) is 5.59. The van der Waals surface area contributed by atoms with Gasteiger partial charge in [0.25, 0.3) is 11.9 Å². The maximum absolute atomic E-state index is 10.7. The molecule has 0 amide bonds. The van der Waals surface area contributed by atoms with E-state index in [1.54, 1.807) is 0 Å². The third-order valence-electron chi connectivity index (χ3n) is 5.76. The second-order valence-corrected chi connectivity index (χ2v) is 9.67. The van der Waals surface area contributed by atoms with Crippen molar-refractivity contribution in [1.82, 2.24) is 0 Å². The van der Waals surface area contributed by atoms with Crippen LogP contribution in [0.15, 0.2) is 0 Å². The van der Waals surface area contributed by atoms with Gasteiger partial charge >= 0.3 is 19.5 Å². The summed E-state index contributed by atoms with van der Waals surface area (Å²) in [5.74, 6) is -0.345. The standard InChI is InChI=1S/2C14H28O2S.Zn/c2*1-2-3-4-5-6-7-8-9-10-11-12-16-14(15)13-17;/h2*17H,2-13H2,1H3;/q;;+2/p-2. The van der Waals surface area contributed by atoms with Crippen LogP contribution in [0.5, 0.6) is 0 Å². The first-order chi connectivity index (χ1) is 16.6.